The Bertz CT molecular complexity index is 775. The highest BCUT2D eigenvalue weighted by Gasteiger charge is 2.30. The highest BCUT2D eigenvalue weighted by atomic mass is 35.5. The number of carbonyl (C=O) groups excluding carboxylic acids is 2. The summed E-state index contributed by atoms with van der Waals surface area (Å²) in [6.45, 7) is 4.89. The Balaban J connectivity index is 1.80. The topological polar surface area (TPSA) is 76.7 Å². The van der Waals surface area contributed by atoms with Gasteiger partial charge in [-0.05, 0) is 62.7 Å². The van der Waals surface area contributed by atoms with Crippen molar-refractivity contribution in [3.05, 3.63) is 59.1 Å². The molecule has 0 unspecified atom stereocenters. The van der Waals surface area contributed by atoms with Crippen LogP contribution in [0.4, 0.5) is 0 Å². The highest BCUT2D eigenvalue weighted by Crippen LogP contribution is 2.20. The largest absolute Gasteiger partial charge is 0.484 e. The van der Waals surface area contributed by atoms with Crippen molar-refractivity contribution < 1.29 is 19.1 Å². The van der Waals surface area contributed by atoms with E-state index in [1.165, 1.54) is 0 Å². The lowest BCUT2D eigenvalue weighted by molar-refractivity contribution is -0.138. The number of amides is 2. The van der Waals surface area contributed by atoms with E-state index >= 15 is 0 Å². The predicted molar refractivity (Wildman–Crippen MR) is 99.1 cm³/mol. The molecule has 6 nitrogen and oxygen atoms in total. The monoisotopic (exact) mass is 376 g/mol. The first-order valence-electron chi connectivity index (χ1n) is 7.99. The SMILES string of the molecule is Cc1cccc(OCC(=O)NNC(=O)C(C)(C)Oc2ccc(Cl)cc2)c1. The van der Waals surface area contributed by atoms with Crippen LogP contribution in [0.25, 0.3) is 0 Å². The zero-order chi connectivity index (χ0) is 19.2. The van der Waals surface area contributed by atoms with E-state index in [4.69, 9.17) is 21.1 Å². The van der Waals surface area contributed by atoms with E-state index in [-0.39, 0.29) is 6.61 Å². The molecule has 0 aliphatic heterocycles. The molecule has 0 spiro atoms. The minimum Gasteiger partial charge on any atom is -0.484 e. The summed E-state index contributed by atoms with van der Waals surface area (Å²) in [5, 5.41) is 0.570. The van der Waals surface area contributed by atoms with Gasteiger partial charge in [-0.15, -0.1) is 0 Å². The van der Waals surface area contributed by atoms with E-state index in [1.54, 1.807) is 44.2 Å². The van der Waals surface area contributed by atoms with Gasteiger partial charge in [0.15, 0.2) is 12.2 Å². The molecule has 0 radical (unpaired) electrons. The first kappa shape index (κ1) is 19.6. The molecule has 138 valence electrons. The molecule has 0 saturated heterocycles. The Labute approximate surface area is 157 Å². The van der Waals surface area contributed by atoms with Crippen molar-refractivity contribution in [3.63, 3.8) is 0 Å². The van der Waals surface area contributed by atoms with Gasteiger partial charge in [0, 0.05) is 5.02 Å². The molecule has 0 bridgehead atoms. The molecular formula is C19H21ClN2O4. The van der Waals surface area contributed by atoms with Crippen molar-refractivity contribution in [1.82, 2.24) is 10.9 Å². The lowest BCUT2D eigenvalue weighted by Gasteiger charge is -2.25. The fraction of sp³-hybridized carbons (Fsp3) is 0.263. The average Bonchev–Trinajstić information content (AvgIpc) is 2.59. The van der Waals surface area contributed by atoms with Gasteiger partial charge in [0.1, 0.15) is 11.5 Å². The number of rotatable bonds is 6. The summed E-state index contributed by atoms with van der Waals surface area (Å²) < 4.78 is 11.0. The number of aryl methyl sites for hydroxylation is 1. The summed E-state index contributed by atoms with van der Waals surface area (Å²) in [5.74, 6) is 0.0834. The molecule has 0 aliphatic carbocycles. The molecule has 0 saturated carbocycles. The van der Waals surface area contributed by atoms with E-state index in [2.05, 4.69) is 10.9 Å². The summed E-state index contributed by atoms with van der Waals surface area (Å²) in [6.07, 6.45) is 0. The van der Waals surface area contributed by atoms with Gasteiger partial charge in [0.25, 0.3) is 11.8 Å². The fourth-order valence-corrected chi connectivity index (χ4v) is 2.14. The molecule has 26 heavy (non-hydrogen) atoms. The number of ether oxygens (including phenoxy) is 2. The summed E-state index contributed by atoms with van der Waals surface area (Å²) in [7, 11) is 0. The second-order valence-electron chi connectivity index (χ2n) is 6.17. The van der Waals surface area contributed by atoms with Crippen molar-refractivity contribution in [3.8, 4) is 11.5 Å². The maximum atomic E-state index is 12.2. The maximum absolute atomic E-state index is 12.2. The molecule has 2 amide bonds. The average molecular weight is 377 g/mol. The van der Waals surface area contributed by atoms with Gasteiger partial charge in [-0.1, -0.05) is 23.7 Å². The molecule has 0 aliphatic rings. The Kier molecular flexibility index (Phi) is 6.46. The van der Waals surface area contributed by atoms with Gasteiger partial charge < -0.3 is 9.47 Å². The number of carbonyl (C=O) groups is 2. The molecule has 2 N–H and O–H groups in total. The normalized spacial score (nSPS) is 10.8. The van der Waals surface area contributed by atoms with Crippen molar-refractivity contribution in [2.75, 3.05) is 6.61 Å². The molecule has 2 aromatic carbocycles. The lowest BCUT2D eigenvalue weighted by atomic mass is 10.1. The third-order valence-electron chi connectivity index (χ3n) is 3.41. The quantitative estimate of drug-likeness (QED) is 0.760. The van der Waals surface area contributed by atoms with E-state index in [9.17, 15) is 9.59 Å². The Hall–Kier alpha value is -2.73. The fourth-order valence-electron chi connectivity index (χ4n) is 2.01. The predicted octanol–water partition coefficient (Wildman–Crippen LogP) is 3.03. The van der Waals surface area contributed by atoms with Gasteiger partial charge in [-0.2, -0.15) is 0 Å². The zero-order valence-corrected chi connectivity index (χ0v) is 15.6. The molecule has 0 heterocycles. The lowest BCUT2D eigenvalue weighted by Crippen LogP contribution is -2.53. The van der Waals surface area contributed by atoms with Crippen molar-refractivity contribution in [2.45, 2.75) is 26.4 Å². The van der Waals surface area contributed by atoms with Crippen LogP contribution >= 0.6 is 11.6 Å². The second-order valence-corrected chi connectivity index (χ2v) is 6.61. The van der Waals surface area contributed by atoms with Crippen molar-refractivity contribution in [2.24, 2.45) is 0 Å². The Morgan fingerprint density at radius 3 is 2.38 bits per heavy atom. The van der Waals surface area contributed by atoms with Gasteiger partial charge in [0.05, 0.1) is 0 Å². The summed E-state index contributed by atoms with van der Waals surface area (Å²) in [5.41, 5.74) is 4.47. The Morgan fingerprint density at radius 1 is 1.04 bits per heavy atom. The second kappa shape index (κ2) is 8.58. The van der Waals surface area contributed by atoms with Crippen LogP contribution < -0.4 is 20.3 Å². The molecule has 7 heteroatoms. The van der Waals surface area contributed by atoms with Crippen molar-refractivity contribution in [1.29, 1.82) is 0 Å². The van der Waals surface area contributed by atoms with E-state index in [0.29, 0.717) is 16.5 Å². The smallest absolute Gasteiger partial charge is 0.281 e. The summed E-state index contributed by atoms with van der Waals surface area (Å²) in [6, 6.07) is 14.0. The van der Waals surface area contributed by atoms with Crippen LogP contribution in [-0.2, 0) is 9.59 Å². The van der Waals surface area contributed by atoms with Crippen LogP contribution in [0.2, 0.25) is 5.02 Å². The number of nitrogens with one attached hydrogen (secondary N) is 2. The molecule has 2 rings (SSSR count). The summed E-state index contributed by atoms with van der Waals surface area (Å²) >= 11 is 5.82. The number of halogens is 1. The number of hydrazine groups is 1. The first-order chi connectivity index (χ1) is 12.3. The number of benzene rings is 2. The number of hydrogen-bond donors (Lipinski definition) is 2. The van der Waals surface area contributed by atoms with Gasteiger partial charge in [-0.3, -0.25) is 20.4 Å². The minimum absolute atomic E-state index is 0.220. The molecule has 0 atom stereocenters. The highest BCUT2D eigenvalue weighted by molar-refractivity contribution is 6.30. The van der Waals surface area contributed by atoms with Crippen LogP contribution in [0, 0.1) is 6.92 Å². The van der Waals surface area contributed by atoms with E-state index in [0.717, 1.165) is 5.56 Å². The van der Waals surface area contributed by atoms with Crippen LogP contribution in [0.5, 0.6) is 11.5 Å². The minimum atomic E-state index is -1.20. The van der Waals surface area contributed by atoms with Gasteiger partial charge in [0.2, 0.25) is 0 Å². The van der Waals surface area contributed by atoms with Crippen LogP contribution in [0.15, 0.2) is 48.5 Å². The molecule has 0 aromatic heterocycles. The third kappa shape index (κ3) is 5.97. The third-order valence-corrected chi connectivity index (χ3v) is 3.66. The van der Waals surface area contributed by atoms with Crippen LogP contribution in [0.3, 0.4) is 0 Å². The maximum Gasteiger partial charge on any atom is 0.281 e. The number of hydrogen-bond acceptors (Lipinski definition) is 4. The molecular weight excluding hydrogens is 356 g/mol. The molecule has 2 aromatic rings. The summed E-state index contributed by atoms with van der Waals surface area (Å²) in [4.78, 5) is 24.1. The van der Waals surface area contributed by atoms with E-state index < -0.39 is 17.4 Å². The first-order valence-corrected chi connectivity index (χ1v) is 8.37. The van der Waals surface area contributed by atoms with Crippen LogP contribution in [0.1, 0.15) is 19.4 Å². The zero-order valence-electron chi connectivity index (χ0n) is 14.8. The standard InChI is InChI=1S/C19H21ClN2O4/c1-13-5-4-6-16(11-13)25-12-17(23)21-22-18(24)19(2,3)26-15-9-7-14(20)8-10-15/h4-11H,12H2,1-3H3,(H,21,23)(H,22,24). The van der Waals surface area contributed by atoms with Gasteiger partial charge in [-0.25, -0.2) is 0 Å². The van der Waals surface area contributed by atoms with Gasteiger partial charge >= 0.3 is 0 Å². The Morgan fingerprint density at radius 2 is 1.73 bits per heavy atom. The van der Waals surface area contributed by atoms with Crippen LogP contribution in [-0.4, -0.2) is 24.0 Å². The van der Waals surface area contributed by atoms with E-state index in [1.807, 2.05) is 25.1 Å². The van der Waals surface area contributed by atoms with Crippen molar-refractivity contribution >= 4 is 23.4 Å². The molecule has 0 fully saturated rings.